The Morgan fingerprint density at radius 1 is 1.17 bits per heavy atom. The number of fused-ring (bicyclic) bond motifs is 1. The number of carbonyl (C=O) groups excluding carboxylic acids is 1. The Morgan fingerprint density at radius 3 is 2.77 bits per heavy atom. The summed E-state index contributed by atoms with van der Waals surface area (Å²) in [7, 11) is 0. The van der Waals surface area contributed by atoms with Crippen molar-refractivity contribution in [3.8, 4) is 0 Å². The maximum absolute atomic E-state index is 13.1. The van der Waals surface area contributed by atoms with Crippen LogP contribution in [0, 0.1) is 6.92 Å². The Kier molecular flexibility index (Phi) is 4.82. The number of carbonyl (C=O) groups is 1. The van der Waals surface area contributed by atoms with Crippen LogP contribution in [0.5, 0.6) is 0 Å². The van der Waals surface area contributed by atoms with Crippen molar-refractivity contribution in [2.75, 3.05) is 24.5 Å². The summed E-state index contributed by atoms with van der Waals surface area (Å²) in [6.45, 7) is 4.51. The molecule has 9 heteroatoms. The fraction of sp³-hybridized carbons (Fsp3) is 0.476. The second kappa shape index (κ2) is 7.64. The summed E-state index contributed by atoms with van der Waals surface area (Å²) in [5.74, 6) is 0.924. The zero-order valence-corrected chi connectivity index (χ0v) is 17.1. The average Bonchev–Trinajstić information content (AvgIpc) is 3.39. The zero-order valence-electron chi connectivity index (χ0n) is 17.1. The number of anilines is 1. The molecule has 0 aromatic carbocycles. The molecule has 9 nitrogen and oxygen atoms in total. The van der Waals surface area contributed by atoms with Crippen molar-refractivity contribution >= 4 is 17.4 Å². The third kappa shape index (κ3) is 3.39. The van der Waals surface area contributed by atoms with E-state index in [9.17, 15) is 4.79 Å². The van der Waals surface area contributed by atoms with E-state index in [1.54, 1.807) is 12.4 Å². The van der Waals surface area contributed by atoms with Crippen LogP contribution in [0.15, 0.2) is 31.0 Å². The Labute approximate surface area is 174 Å². The molecule has 2 saturated heterocycles. The quantitative estimate of drug-likeness (QED) is 0.706. The lowest BCUT2D eigenvalue weighted by Crippen LogP contribution is -2.38. The normalized spacial score (nSPS) is 22.1. The lowest BCUT2D eigenvalue weighted by atomic mass is 9.98. The van der Waals surface area contributed by atoms with E-state index in [4.69, 9.17) is 15.8 Å². The summed E-state index contributed by atoms with van der Waals surface area (Å²) >= 11 is 0. The molecule has 3 aromatic heterocycles. The van der Waals surface area contributed by atoms with Crippen LogP contribution in [0.3, 0.4) is 0 Å². The van der Waals surface area contributed by atoms with E-state index in [1.807, 2.05) is 21.7 Å². The van der Waals surface area contributed by atoms with E-state index >= 15 is 0 Å². The minimum Gasteiger partial charge on any atom is -0.355 e. The smallest absolute Gasteiger partial charge is 0.257 e. The molecule has 0 aliphatic carbocycles. The highest BCUT2D eigenvalue weighted by atomic mass is 16.2. The molecule has 2 aliphatic heterocycles. The highest BCUT2D eigenvalue weighted by Gasteiger charge is 2.31. The number of hydrogen-bond donors (Lipinski definition) is 1. The fourth-order valence-corrected chi connectivity index (χ4v) is 4.54. The van der Waals surface area contributed by atoms with Gasteiger partial charge in [-0.25, -0.2) is 19.5 Å². The number of likely N-dealkylation sites (tertiary alicyclic amines) is 1. The Hall–Kier alpha value is -3.07. The molecule has 0 spiro atoms. The van der Waals surface area contributed by atoms with Crippen LogP contribution in [0.4, 0.5) is 5.82 Å². The maximum Gasteiger partial charge on any atom is 0.257 e. The summed E-state index contributed by atoms with van der Waals surface area (Å²) < 4.78 is 1.83. The van der Waals surface area contributed by atoms with Crippen LogP contribution in [-0.4, -0.2) is 61.0 Å². The van der Waals surface area contributed by atoms with Gasteiger partial charge >= 0.3 is 0 Å². The standard InChI is InChI=1S/C21H26N8O/c1-14-11-29-19(25-20(14)27-7-5-16(22)12-27)8-17(26-29)18-4-2-3-6-28(18)21(30)15-9-23-13-24-10-15/h8-11,13,16,18H,2-7,12,22H2,1H3/t16-,18-/m0/s1. The van der Waals surface area contributed by atoms with E-state index in [2.05, 4.69) is 21.8 Å². The number of nitrogens with two attached hydrogens (primary N) is 1. The van der Waals surface area contributed by atoms with E-state index in [0.717, 1.165) is 61.5 Å². The van der Waals surface area contributed by atoms with Crippen LogP contribution in [-0.2, 0) is 0 Å². The summed E-state index contributed by atoms with van der Waals surface area (Å²) in [6.07, 6.45) is 10.5. The van der Waals surface area contributed by atoms with E-state index in [0.29, 0.717) is 12.1 Å². The van der Waals surface area contributed by atoms with Crippen molar-refractivity contribution in [3.63, 3.8) is 0 Å². The Balaban J connectivity index is 1.47. The molecule has 1 amide bonds. The molecule has 2 N–H and O–H groups in total. The average molecular weight is 406 g/mol. The highest BCUT2D eigenvalue weighted by molar-refractivity contribution is 5.94. The fourth-order valence-electron chi connectivity index (χ4n) is 4.54. The summed E-state index contributed by atoms with van der Waals surface area (Å²) in [4.78, 5) is 30.1. The van der Waals surface area contributed by atoms with Crippen molar-refractivity contribution in [1.82, 2.24) is 29.5 Å². The molecule has 0 unspecified atom stereocenters. The Bertz CT molecular complexity index is 1070. The van der Waals surface area contributed by atoms with Gasteiger partial charge in [-0.15, -0.1) is 0 Å². The number of hydrogen-bond acceptors (Lipinski definition) is 7. The maximum atomic E-state index is 13.1. The Morgan fingerprint density at radius 2 is 2.00 bits per heavy atom. The minimum absolute atomic E-state index is 0.0479. The van der Waals surface area contributed by atoms with Gasteiger partial charge in [0.05, 0.1) is 17.3 Å². The molecule has 5 heterocycles. The first-order valence-corrected chi connectivity index (χ1v) is 10.5. The molecule has 0 saturated carbocycles. The predicted octanol–water partition coefficient (Wildman–Crippen LogP) is 1.73. The SMILES string of the molecule is Cc1cn2nc([C@@H]3CCCCN3C(=O)c3cncnc3)cc2nc1N1CC[C@H](N)C1. The molecule has 5 rings (SSSR count). The summed E-state index contributed by atoms with van der Waals surface area (Å²) in [5.41, 5.74) is 9.34. The van der Waals surface area contributed by atoms with Crippen molar-refractivity contribution < 1.29 is 4.79 Å². The molecule has 30 heavy (non-hydrogen) atoms. The van der Waals surface area contributed by atoms with E-state index in [-0.39, 0.29) is 18.0 Å². The van der Waals surface area contributed by atoms with Gasteiger partial charge < -0.3 is 15.5 Å². The van der Waals surface area contributed by atoms with Crippen molar-refractivity contribution in [2.24, 2.45) is 5.73 Å². The molecule has 2 aliphatic rings. The molecule has 3 aromatic rings. The number of aryl methyl sites for hydroxylation is 1. The monoisotopic (exact) mass is 406 g/mol. The minimum atomic E-state index is -0.0721. The first kappa shape index (κ1) is 18.9. The van der Waals surface area contributed by atoms with Crippen LogP contribution < -0.4 is 10.6 Å². The van der Waals surface area contributed by atoms with Crippen molar-refractivity contribution in [3.05, 3.63) is 47.8 Å². The largest absolute Gasteiger partial charge is 0.355 e. The van der Waals surface area contributed by atoms with Crippen LogP contribution >= 0.6 is 0 Å². The number of rotatable bonds is 3. The molecule has 2 atom stereocenters. The van der Waals surface area contributed by atoms with E-state index < -0.39 is 0 Å². The molecule has 0 radical (unpaired) electrons. The van der Waals surface area contributed by atoms with E-state index in [1.165, 1.54) is 6.33 Å². The van der Waals surface area contributed by atoms with Crippen LogP contribution in [0.25, 0.3) is 5.65 Å². The number of nitrogens with zero attached hydrogens (tertiary/aromatic N) is 7. The number of piperidine rings is 1. The first-order valence-electron chi connectivity index (χ1n) is 10.5. The third-order valence-electron chi connectivity index (χ3n) is 6.06. The molecule has 0 bridgehead atoms. The predicted molar refractivity (Wildman–Crippen MR) is 112 cm³/mol. The summed E-state index contributed by atoms with van der Waals surface area (Å²) in [6, 6.07) is 2.14. The first-order chi connectivity index (χ1) is 14.6. The number of amides is 1. The van der Waals surface area contributed by atoms with Gasteiger partial charge in [-0.2, -0.15) is 5.10 Å². The van der Waals surface area contributed by atoms with Gasteiger partial charge in [0.15, 0.2) is 5.65 Å². The number of aromatic nitrogens is 5. The molecule has 2 fully saturated rings. The van der Waals surface area contributed by atoms with Crippen molar-refractivity contribution in [1.29, 1.82) is 0 Å². The van der Waals surface area contributed by atoms with Gasteiger partial charge in [-0.1, -0.05) is 0 Å². The van der Waals surface area contributed by atoms with Gasteiger partial charge in [0.25, 0.3) is 5.91 Å². The van der Waals surface area contributed by atoms with Crippen LogP contribution in [0.2, 0.25) is 0 Å². The lowest BCUT2D eigenvalue weighted by Gasteiger charge is -2.34. The second-order valence-corrected chi connectivity index (χ2v) is 8.25. The van der Waals surface area contributed by atoms with Gasteiger partial charge in [-0.05, 0) is 32.6 Å². The highest BCUT2D eigenvalue weighted by Crippen LogP contribution is 2.32. The van der Waals surface area contributed by atoms with Gasteiger partial charge in [0.2, 0.25) is 0 Å². The third-order valence-corrected chi connectivity index (χ3v) is 6.06. The topological polar surface area (TPSA) is 106 Å². The molecular formula is C21H26N8O. The second-order valence-electron chi connectivity index (χ2n) is 8.25. The molecular weight excluding hydrogens is 380 g/mol. The zero-order chi connectivity index (χ0) is 20.7. The van der Waals surface area contributed by atoms with Gasteiger partial charge in [0, 0.05) is 55.9 Å². The van der Waals surface area contributed by atoms with Gasteiger partial charge in [0.1, 0.15) is 12.1 Å². The molecule has 156 valence electrons. The van der Waals surface area contributed by atoms with Crippen LogP contribution in [0.1, 0.15) is 53.3 Å². The van der Waals surface area contributed by atoms with Gasteiger partial charge in [-0.3, -0.25) is 4.79 Å². The summed E-state index contributed by atoms with van der Waals surface area (Å²) in [5, 5.41) is 4.79. The lowest BCUT2D eigenvalue weighted by molar-refractivity contribution is 0.0605. The van der Waals surface area contributed by atoms with Crippen molar-refractivity contribution in [2.45, 2.75) is 44.7 Å².